The lowest BCUT2D eigenvalue weighted by Gasteiger charge is -2.36. The van der Waals surface area contributed by atoms with Crippen LogP contribution in [-0.4, -0.2) is 23.0 Å². The second kappa shape index (κ2) is 9.68. The maximum absolute atomic E-state index is 13.5. The van der Waals surface area contributed by atoms with E-state index in [0.29, 0.717) is 22.7 Å². The van der Waals surface area contributed by atoms with E-state index in [0.717, 1.165) is 4.47 Å². The molecule has 3 aromatic rings. The van der Waals surface area contributed by atoms with Crippen LogP contribution in [-0.2, 0) is 9.59 Å². The van der Waals surface area contributed by atoms with Gasteiger partial charge in [0.05, 0.1) is 22.0 Å². The van der Waals surface area contributed by atoms with Crippen molar-refractivity contribution in [3.63, 3.8) is 0 Å². The van der Waals surface area contributed by atoms with Crippen molar-refractivity contribution >= 4 is 62.5 Å². The maximum Gasteiger partial charge on any atom is 0.270 e. The van der Waals surface area contributed by atoms with E-state index < -0.39 is 11.8 Å². The number of thiocarbonyl (C=S) groups is 1. The lowest BCUT2D eigenvalue weighted by atomic mass is 10.0. The number of halogens is 1. The van der Waals surface area contributed by atoms with Crippen molar-refractivity contribution < 1.29 is 14.3 Å². The number of carbonyl (C=O) groups is 2. The zero-order valence-corrected chi connectivity index (χ0v) is 20.5. The zero-order valence-electron chi connectivity index (χ0n) is 18.1. The number of rotatable bonds is 5. The number of amides is 2. The number of hydrogen-bond acceptors (Lipinski definition) is 4. The fourth-order valence-electron chi connectivity index (χ4n) is 3.46. The van der Waals surface area contributed by atoms with Crippen molar-refractivity contribution in [1.29, 1.82) is 0 Å². The molecule has 0 atom stereocenters. The van der Waals surface area contributed by atoms with Crippen molar-refractivity contribution in [3.8, 4) is 5.75 Å². The maximum atomic E-state index is 13.5. The molecule has 0 spiro atoms. The molecule has 0 aromatic heterocycles. The van der Waals surface area contributed by atoms with E-state index in [1.54, 1.807) is 30.3 Å². The summed E-state index contributed by atoms with van der Waals surface area (Å²) >= 11 is 9.13. The fraction of sp³-hybridized carbons (Fsp3) is 0.115. The molecule has 0 unspecified atom stereocenters. The van der Waals surface area contributed by atoms with Gasteiger partial charge in [0.15, 0.2) is 5.11 Å². The zero-order chi connectivity index (χ0) is 23.5. The topological polar surface area (TPSA) is 49.9 Å². The van der Waals surface area contributed by atoms with Gasteiger partial charge in [-0.3, -0.25) is 19.4 Å². The van der Waals surface area contributed by atoms with Gasteiger partial charge in [0.25, 0.3) is 11.8 Å². The molecule has 1 aliphatic heterocycles. The van der Waals surface area contributed by atoms with Crippen LogP contribution < -0.4 is 14.5 Å². The number of anilines is 2. The minimum Gasteiger partial charge on any atom is -0.490 e. The normalized spacial score (nSPS) is 14.2. The molecule has 0 bridgehead atoms. The van der Waals surface area contributed by atoms with Crippen LogP contribution >= 0.6 is 28.1 Å². The second-order valence-electron chi connectivity index (χ2n) is 7.65. The van der Waals surface area contributed by atoms with Crippen LogP contribution in [0.25, 0.3) is 6.08 Å². The first-order valence-electron chi connectivity index (χ1n) is 10.4. The Kier molecular flexibility index (Phi) is 6.72. The number of benzene rings is 3. The molecule has 0 radical (unpaired) electrons. The highest BCUT2D eigenvalue weighted by molar-refractivity contribution is 9.10. The molecule has 1 heterocycles. The average Bonchev–Trinajstić information content (AvgIpc) is 2.80. The van der Waals surface area contributed by atoms with Crippen LogP contribution in [0.4, 0.5) is 11.4 Å². The number of ether oxygens (including phenoxy) is 1. The Morgan fingerprint density at radius 1 is 0.848 bits per heavy atom. The summed E-state index contributed by atoms with van der Waals surface area (Å²) in [6.45, 7) is 3.89. The van der Waals surface area contributed by atoms with Gasteiger partial charge in [0.2, 0.25) is 0 Å². The van der Waals surface area contributed by atoms with Gasteiger partial charge < -0.3 is 4.74 Å². The molecule has 1 saturated heterocycles. The Bertz CT molecular complexity index is 1180. The average molecular weight is 521 g/mol. The van der Waals surface area contributed by atoms with Crippen molar-refractivity contribution in [1.82, 2.24) is 0 Å². The third-order valence-electron chi connectivity index (χ3n) is 4.91. The molecule has 2 amide bonds. The van der Waals surface area contributed by atoms with Crippen molar-refractivity contribution in [3.05, 3.63) is 94.5 Å². The van der Waals surface area contributed by atoms with E-state index in [4.69, 9.17) is 17.0 Å². The molecule has 3 aromatic carbocycles. The fourth-order valence-corrected chi connectivity index (χ4v) is 4.33. The number of nitrogens with zero attached hydrogens (tertiary/aromatic N) is 2. The first-order valence-corrected chi connectivity index (χ1v) is 11.6. The van der Waals surface area contributed by atoms with Gasteiger partial charge in [-0.15, -0.1) is 0 Å². The molecule has 0 aliphatic carbocycles. The minimum atomic E-state index is -0.470. The van der Waals surface area contributed by atoms with Crippen LogP contribution in [0, 0.1) is 0 Å². The van der Waals surface area contributed by atoms with Crippen LogP contribution in [0.3, 0.4) is 0 Å². The summed E-state index contributed by atoms with van der Waals surface area (Å²) in [7, 11) is 0. The predicted molar refractivity (Wildman–Crippen MR) is 138 cm³/mol. The van der Waals surface area contributed by atoms with Crippen LogP contribution in [0.5, 0.6) is 5.75 Å². The minimum absolute atomic E-state index is 0.0146. The summed E-state index contributed by atoms with van der Waals surface area (Å²) in [5, 5.41) is 0.112. The van der Waals surface area contributed by atoms with Gasteiger partial charge in [-0.25, -0.2) is 0 Å². The van der Waals surface area contributed by atoms with Gasteiger partial charge in [-0.1, -0.05) is 42.5 Å². The molecule has 0 saturated carbocycles. The third-order valence-corrected chi connectivity index (χ3v) is 5.89. The van der Waals surface area contributed by atoms with Crippen molar-refractivity contribution in [2.24, 2.45) is 0 Å². The van der Waals surface area contributed by atoms with E-state index in [9.17, 15) is 9.59 Å². The van der Waals surface area contributed by atoms with Gasteiger partial charge in [0, 0.05) is 0 Å². The first-order chi connectivity index (χ1) is 15.9. The summed E-state index contributed by atoms with van der Waals surface area (Å²) in [4.78, 5) is 29.8. The molecule has 0 N–H and O–H groups in total. The highest BCUT2D eigenvalue weighted by Crippen LogP contribution is 2.31. The third kappa shape index (κ3) is 4.74. The molecule has 4 rings (SSSR count). The lowest BCUT2D eigenvalue weighted by molar-refractivity contribution is -0.120. The summed E-state index contributed by atoms with van der Waals surface area (Å²) in [6, 6.07) is 23.6. The van der Waals surface area contributed by atoms with Gasteiger partial charge in [-0.05, 0) is 90.0 Å². The monoisotopic (exact) mass is 520 g/mol. The van der Waals surface area contributed by atoms with E-state index in [-0.39, 0.29) is 16.8 Å². The first kappa shape index (κ1) is 22.9. The van der Waals surface area contributed by atoms with E-state index >= 15 is 0 Å². The summed E-state index contributed by atoms with van der Waals surface area (Å²) in [5.74, 6) is -0.254. The van der Waals surface area contributed by atoms with E-state index in [2.05, 4.69) is 15.9 Å². The van der Waals surface area contributed by atoms with Crippen LogP contribution in [0.15, 0.2) is 88.9 Å². The lowest BCUT2D eigenvalue weighted by Crippen LogP contribution is -2.56. The largest absolute Gasteiger partial charge is 0.490 e. The Hall–Kier alpha value is -3.29. The molecular formula is C26H21BrN2O3S. The molecular weight excluding hydrogens is 500 g/mol. The van der Waals surface area contributed by atoms with Crippen LogP contribution in [0.1, 0.15) is 19.4 Å². The number of hydrogen-bond donors (Lipinski definition) is 0. The van der Waals surface area contributed by atoms with E-state index in [1.165, 1.54) is 9.80 Å². The molecule has 33 heavy (non-hydrogen) atoms. The Balaban J connectivity index is 1.81. The number of carbonyl (C=O) groups excluding carboxylic acids is 2. The second-order valence-corrected chi connectivity index (χ2v) is 8.87. The standard InChI is InChI=1S/C26H21BrN2O3S/c1-17(2)32-23-14-13-18(16-22(23)27)15-21-24(30)28(19-9-5-3-6-10-19)26(33)29(25(21)31)20-11-7-4-8-12-20/h3-17H,1-2H3. The smallest absolute Gasteiger partial charge is 0.270 e. The van der Waals surface area contributed by atoms with Crippen molar-refractivity contribution in [2.75, 3.05) is 9.80 Å². The molecule has 7 heteroatoms. The quantitative estimate of drug-likeness (QED) is 0.235. The Morgan fingerprint density at radius 3 is 1.82 bits per heavy atom. The molecule has 1 fully saturated rings. The Labute approximate surface area is 206 Å². The molecule has 5 nitrogen and oxygen atoms in total. The SMILES string of the molecule is CC(C)Oc1ccc(C=C2C(=O)N(c3ccccc3)C(=S)N(c3ccccc3)C2=O)cc1Br. The summed E-state index contributed by atoms with van der Waals surface area (Å²) in [5.41, 5.74) is 1.88. The van der Waals surface area contributed by atoms with Gasteiger partial charge >= 0.3 is 0 Å². The number of para-hydroxylation sites is 2. The summed E-state index contributed by atoms with van der Waals surface area (Å²) < 4.78 is 6.49. The molecule has 1 aliphatic rings. The highest BCUT2D eigenvalue weighted by atomic mass is 79.9. The van der Waals surface area contributed by atoms with Crippen LogP contribution in [0.2, 0.25) is 0 Å². The summed E-state index contributed by atoms with van der Waals surface area (Å²) in [6.07, 6.45) is 1.61. The van der Waals surface area contributed by atoms with E-state index in [1.807, 2.05) is 68.4 Å². The van der Waals surface area contributed by atoms with Gasteiger partial charge in [-0.2, -0.15) is 0 Å². The van der Waals surface area contributed by atoms with Crippen molar-refractivity contribution in [2.45, 2.75) is 20.0 Å². The molecule has 166 valence electrons. The highest BCUT2D eigenvalue weighted by Gasteiger charge is 2.41. The van der Waals surface area contributed by atoms with Gasteiger partial charge in [0.1, 0.15) is 11.3 Å². The Morgan fingerprint density at radius 2 is 1.36 bits per heavy atom. The predicted octanol–water partition coefficient (Wildman–Crippen LogP) is 5.98.